The van der Waals surface area contributed by atoms with E-state index in [1.54, 1.807) is 0 Å². The van der Waals surface area contributed by atoms with E-state index in [9.17, 15) is 9.90 Å². The van der Waals surface area contributed by atoms with Crippen molar-refractivity contribution in [3.8, 4) is 0 Å². The fourth-order valence-electron chi connectivity index (χ4n) is 6.79. The minimum atomic E-state index is -0.0919. The summed E-state index contributed by atoms with van der Waals surface area (Å²) in [4.78, 5) is 11.9. The molecular formula is C21H30O2. The predicted molar refractivity (Wildman–Crippen MR) is 91.7 cm³/mol. The van der Waals surface area contributed by atoms with Gasteiger partial charge in [0.2, 0.25) is 0 Å². The van der Waals surface area contributed by atoms with Crippen LogP contribution < -0.4 is 0 Å². The number of allylic oxidation sites excluding steroid dienone is 2. The number of aliphatic hydroxyl groups excluding tert-OH is 1. The number of hydrogen-bond donors (Lipinski definition) is 1. The van der Waals surface area contributed by atoms with Crippen molar-refractivity contribution in [1.29, 1.82) is 0 Å². The molecule has 1 N–H and O–H groups in total. The SMILES string of the molecule is C=C[C@H]1CC2[C@@H](CC[C@@H]2O)C2C(CC)CC3=CC(=O)CC[C@@H]3[C@H]21. The van der Waals surface area contributed by atoms with Gasteiger partial charge in [-0.3, -0.25) is 4.79 Å². The molecule has 2 heteroatoms. The Morgan fingerprint density at radius 2 is 2.09 bits per heavy atom. The second-order valence-corrected chi connectivity index (χ2v) is 8.47. The first kappa shape index (κ1) is 15.6. The summed E-state index contributed by atoms with van der Waals surface area (Å²) in [5.74, 6) is 4.73. The molecule has 0 saturated heterocycles. The van der Waals surface area contributed by atoms with Gasteiger partial charge in [0.15, 0.2) is 5.78 Å². The van der Waals surface area contributed by atoms with Gasteiger partial charge in [-0.25, -0.2) is 0 Å². The van der Waals surface area contributed by atoms with Crippen LogP contribution in [0.25, 0.3) is 0 Å². The average Bonchev–Trinajstić information content (AvgIpc) is 2.93. The van der Waals surface area contributed by atoms with Crippen LogP contribution in [0.5, 0.6) is 0 Å². The van der Waals surface area contributed by atoms with E-state index in [1.807, 2.05) is 6.08 Å². The first-order chi connectivity index (χ1) is 11.1. The van der Waals surface area contributed by atoms with E-state index >= 15 is 0 Å². The molecule has 0 bridgehead atoms. The Balaban J connectivity index is 1.74. The third-order valence-corrected chi connectivity index (χ3v) is 7.68. The first-order valence-electron chi connectivity index (χ1n) is 9.68. The van der Waals surface area contributed by atoms with E-state index in [2.05, 4.69) is 19.6 Å². The topological polar surface area (TPSA) is 37.3 Å². The minimum Gasteiger partial charge on any atom is -0.393 e. The van der Waals surface area contributed by atoms with Gasteiger partial charge < -0.3 is 5.11 Å². The molecule has 4 aliphatic rings. The quantitative estimate of drug-likeness (QED) is 0.778. The summed E-state index contributed by atoms with van der Waals surface area (Å²) in [6, 6.07) is 0. The average molecular weight is 314 g/mol. The van der Waals surface area contributed by atoms with Gasteiger partial charge in [0.1, 0.15) is 0 Å². The van der Waals surface area contributed by atoms with Gasteiger partial charge in [0.25, 0.3) is 0 Å². The first-order valence-corrected chi connectivity index (χ1v) is 9.68. The van der Waals surface area contributed by atoms with Crippen molar-refractivity contribution in [1.82, 2.24) is 0 Å². The monoisotopic (exact) mass is 314 g/mol. The lowest BCUT2D eigenvalue weighted by Crippen LogP contribution is -2.50. The molecule has 2 nitrogen and oxygen atoms in total. The van der Waals surface area contributed by atoms with Crippen molar-refractivity contribution >= 4 is 5.78 Å². The molecule has 0 aromatic heterocycles. The highest BCUT2D eigenvalue weighted by Gasteiger charge is 2.55. The summed E-state index contributed by atoms with van der Waals surface area (Å²) in [5, 5.41) is 10.5. The van der Waals surface area contributed by atoms with Gasteiger partial charge in [-0.15, -0.1) is 6.58 Å². The predicted octanol–water partition coefficient (Wildman–Crippen LogP) is 4.15. The van der Waals surface area contributed by atoms with Crippen molar-refractivity contribution in [2.45, 2.75) is 58.0 Å². The van der Waals surface area contributed by atoms with Crippen LogP contribution >= 0.6 is 0 Å². The number of rotatable bonds is 2. The molecule has 0 aromatic carbocycles. The van der Waals surface area contributed by atoms with Crippen LogP contribution in [0.1, 0.15) is 51.9 Å². The standard InChI is InChI=1S/C21H30O2/c1-3-12-9-14-10-15(22)5-6-16(14)20-13(4-2)11-18-17(21(12)20)7-8-19(18)23/h4,10,12-13,16-21,23H,2-3,5-9,11H2,1H3/t12?,13-,16-,17+,18?,19-,20+,21?/m0/s1. The van der Waals surface area contributed by atoms with Crippen LogP contribution in [0.2, 0.25) is 0 Å². The summed E-state index contributed by atoms with van der Waals surface area (Å²) >= 11 is 0. The van der Waals surface area contributed by atoms with Gasteiger partial charge in [-0.1, -0.05) is 25.0 Å². The highest BCUT2D eigenvalue weighted by Crippen LogP contribution is 2.61. The van der Waals surface area contributed by atoms with Crippen molar-refractivity contribution in [3.63, 3.8) is 0 Å². The molecule has 8 atom stereocenters. The summed E-state index contributed by atoms with van der Waals surface area (Å²) in [7, 11) is 0. The Bertz CT molecular complexity index is 534. The summed E-state index contributed by atoms with van der Waals surface area (Å²) < 4.78 is 0. The zero-order valence-corrected chi connectivity index (χ0v) is 14.3. The van der Waals surface area contributed by atoms with Gasteiger partial charge in [0.05, 0.1) is 6.10 Å². The molecule has 0 amide bonds. The Morgan fingerprint density at radius 1 is 1.26 bits per heavy atom. The Hall–Kier alpha value is -0.890. The Morgan fingerprint density at radius 3 is 2.83 bits per heavy atom. The highest BCUT2D eigenvalue weighted by molar-refractivity contribution is 5.91. The number of hydrogen-bond acceptors (Lipinski definition) is 2. The number of carbonyl (C=O) groups excluding carboxylic acids is 1. The molecule has 0 spiro atoms. The Labute approximate surface area is 140 Å². The molecular weight excluding hydrogens is 284 g/mol. The zero-order valence-electron chi connectivity index (χ0n) is 14.3. The van der Waals surface area contributed by atoms with E-state index in [4.69, 9.17) is 0 Å². The van der Waals surface area contributed by atoms with Crippen molar-refractivity contribution < 1.29 is 9.90 Å². The van der Waals surface area contributed by atoms with Gasteiger partial charge in [-0.05, 0) is 79.6 Å². The molecule has 0 aromatic rings. The van der Waals surface area contributed by atoms with Crippen molar-refractivity contribution in [2.75, 3.05) is 0 Å². The second kappa shape index (κ2) is 5.88. The van der Waals surface area contributed by atoms with Crippen LogP contribution in [0.4, 0.5) is 0 Å². The van der Waals surface area contributed by atoms with Crippen LogP contribution in [0, 0.1) is 41.4 Å². The van der Waals surface area contributed by atoms with Gasteiger partial charge >= 0.3 is 0 Å². The second-order valence-electron chi connectivity index (χ2n) is 8.47. The minimum absolute atomic E-state index is 0.0919. The third kappa shape index (κ3) is 2.36. The van der Waals surface area contributed by atoms with E-state index in [0.717, 1.165) is 38.0 Å². The smallest absolute Gasteiger partial charge is 0.155 e. The molecule has 4 aliphatic carbocycles. The summed E-state index contributed by atoms with van der Waals surface area (Å²) in [6.07, 6.45) is 11.5. The maximum Gasteiger partial charge on any atom is 0.155 e. The van der Waals surface area contributed by atoms with E-state index < -0.39 is 0 Å². The number of ketones is 1. The summed E-state index contributed by atoms with van der Waals surface area (Å²) in [5.41, 5.74) is 1.44. The van der Waals surface area contributed by atoms with Crippen LogP contribution in [0.15, 0.2) is 24.3 Å². The molecule has 3 saturated carbocycles. The number of aliphatic hydroxyl groups is 1. The maximum absolute atomic E-state index is 11.9. The van der Waals surface area contributed by atoms with Crippen molar-refractivity contribution in [3.05, 3.63) is 24.3 Å². The highest BCUT2D eigenvalue weighted by atomic mass is 16.3. The maximum atomic E-state index is 11.9. The fraction of sp³-hybridized carbons (Fsp3) is 0.762. The summed E-state index contributed by atoms with van der Waals surface area (Å²) in [6.45, 7) is 6.46. The van der Waals surface area contributed by atoms with E-state index in [1.165, 1.54) is 18.4 Å². The van der Waals surface area contributed by atoms with Crippen LogP contribution in [0.3, 0.4) is 0 Å². The lowest BCUT2D eigenvalue weighted by molar-refractivity contribution is -0.116. The normalized spacial score (nSPS) is 49.0. The van der Waals surface area contributed by atoms with Gasteiger partial charge in [0, 0.05) is 6.42 Å². The van der Waals surface area contributed by atoms with E-state index in [-0.39, 0.29) is 6.10 Å². The molecule has 0 aliphatic heterocycles. The van der Waals surface area contributed by atoms with Crippen molar-refractivity contribution in [2.24, 2.45) is 41.4 Å². The lowest BCUT2D eigenvalue weighted by Gasteiger charge is -2.55. The third-order valence-electron chi connectivity index (χ3n) is 7.68. The molecule has 3 fully saturated rings. The molecule has 23 heavy (non-hydrogen) atoms. The Kier molecular flexibility index (Phi) is 3.99. The van der Waals surface area contributed by atoms with Crippen LogP contribution in [-0.2, 0) is 4.79 Å². The molecule has 3 unspecified atom stereocenters. The zero-order chi connectivity index (χ0) is 16.1. The lowest BCUT2D eigenvalue weighted by atomic mass is 9.49. The molecule has 0 heterocycles. The molecule has 0 radical (unpaired) electrons. The van der Waals surface area contributed by atoms with Crippen LogP contribution in [-0.4, -0.2) is 17.0 Å². The number of carbonyl (C=O) groups is 1. The molecule has 4 rings (SSSR count). The number of fused-ring (bicyclic) bond motifs is 5. The largest absolute Gasteiger partial charge is 0.393 e. The van der Waals surface area contributed by atoms with E-state index in [0.29, 0.717) is 41.3 Å². The molecule has 126 valence electrons. The fourth-order valence-corrected chi connectivity index (χ4v) is 6.79. The van der Waals surface area contributed by atoms with Gasteiger partial charge in [-0.2, -0.15) is 0 Å².